The van der Waals surface area contributed by atoms with E-state index in [2.05, 4.69) is 25.9 Å². The number of esters is 1. The molecule has 0 atom stereocenters. The molecule has 0 bridgehead atoms. The van der Waals surface area contributed by atoms with Crippen LogP contribution in [-0.4, -0.2) is 48.2 Å². The highest BCUT2D eigenvalue weighted by atomic mass is 16.7. The third-order valence-corrected chi connectivity index (χ3v) is 10.5. The van der Waals surface area contributed by atoms with Crippen molar-refractivity contribution in [2.45, 2.75) is 58.8 Å². The fraction of sp³-hybridized carbons (Fsp3) is 0.185. The summed E-state index contributed by atoms with van der Waals surface area (Å²) in [5.74, 6) is -0.105. The average Bonchev–Trinajstić information content (AvgIpc) is 3.36. The molecule has 0 radical (unpaired) electrons. The van der Waals surface area contributed by atoms with Crippen LogP contribution in [0.5, 0.6) is 17.2 Å². The van der Waals surface area contributed by atoms with Gasteiger partial charge in [-0.1, -0.05) is 108 Å². The summed E-state index contributed by atoms with van der Waals surface area (Å²) >= 11 is 0. The Morgan fingerprint density at radius 2 is 1.16 bits per heavy atom. The molecule has 0 saturated heterocycles. The van der Waals surface area contributed by atoms with Crippen molar-refractivity contribution in [3.05, 3.63) is 185 Å². The van der Waals surface area contributed by atoms with Gasteiger partial charge in [-0.3, -0.25) is 14.9 Å². The van der Waals surface area contributed by atoms with E-state index in [-0.39, 0.29) is 18.6 Å². The second-order valence-corrected chi connectivity index (χ2v) is 15.6. The van der Waals surface area contributed by atoms with Crippen LogP contribution in [0.25, 0.3) is 0 Å². The molecule has 0 saturated carbocycles. The van der Waals surface area contributed by atoms with Crippen molar-refractivity contribution < 1.29 is 47.9 Å². The summed E-state index contributed by atoms with van der Waals surface area (Å²) in [7, 11) is 0. The van der Waals surface area contributed by atoms with Crippen LogP contribution in [0.2, 0.25) is 0 Å². The monoisotopic (exact) mass is 940 g/mol. The van der Waals surface area contributed by atoms with Crippen molar-refractivity contribution in [1.82, 2.24) is 5.32 Å². The van der Waals surface area contributed by atoms with Crippen LogP contribution in [0.15, 0.2) is 161 Å². The van der Waals surface area contributed by atoms with Gasteiger partial charge in [-0.2, -0.15) is 4.99 Å². The standard InChI is InChI=1S/C54H48N6O10/c1-37-19-21-39(32-47(37)57-36-61)33-50(63)67-45-27-22-43(23-28-45)52(41-16-10-7-11-17-41)60-70-53(64)56-31-13-5-3-4-12-18-49(62)69-59-51(40-14-8-6-9-15-40)42-24-29-46(30-25-42)68-54(65)58-44-26-20-38(2)48(34-44)66-35-55/h6-11,14-17,19-30,32,34H,3-5,12-13,18,31,33H2,1-2H3,(H,56,64)(H,58,65)/b59-51+,60-52+. The highest BCUT2D eigenvalue weighted by Gasteiger charge is 2.15. The van der Waals surface area contributed by atoms with Gasteiger partial charge in [0.05, 0.1) is 12.1 Å². The lowest BCUT2D eigenvalue weighted by Crippen LogP contribution is -2.24. The zero-order valence-electron chi connectivity index (χ0n) is 38.4. The molecule has 70 heavy (non-hydrogen) atoms. The number of aliphatic imine (C=N–C) groups is 1. The van der Waals surface area contributed by atoms with E-state index in [1.54, 1.807) is 99.0 Å². The SMILES string of the molecule is Cc1ccc(CC(=O)Oc2ccc(/C(=N/OC(=O)NCCCCCCCC(=O)O/N=C(\c3ccccc3)c3ccc(OC(=O)Nc4ccc(C)c(OC#N)c4)cc3)c3ccccc3)cc2)cc1N=C=O. The summed E-state index contributed by atoms with van der Waals surface area (Å²) in [5.41, 5.74) is 6.43. The van der Waals surface area contributed by atoms with Crippen LogP contribution in [-0.2, 0) is 30.5 Å². The lowest BCUT2D eigenvalue weighted by Gasteiger charge is -2.10. The van der Waals surface area contributed by atoms with Gasteiger partial charge in [0, 0.05) is 47.0 Å². The first kappa shape index (κ1) is 50.2. The van der Waals surface area contributed by atoms with E-state index in [1.807, 2.05) is 60.7 Å². The second kappa shape index (κ2) is 26.2. The number of oxime groups is 2. The highest BCUT2D eigenvalue weighted by Crippen LogP contribution is 2.25. The normalized spacial score (nSPS) is 11.0. The number of aryl methyl sites for hydroxylation is 2. The molecule has 0 heterocycles. The minimum Gasteiger partial charge on any atom is -0.426 e. The predicted octanol–water partition coefficient (Wildman–Crippen LogP) is 10.7. The van der Waals surface area contributed by atoms with E-state index >= 15 is 0 Å². The van der Waals surface area contributed by atoms with E-state index in [0.29, 0.717) is 81.5 Å². The molecule has 2 N–H and O–H groups in total. The molecule has 0 fully saturated rings. The number of nitrogens with zero attached hydrogens (tertiary/aromatic N) is 4. The first-order valence-electron chi connectivity index (χ1n) is 22.2. The number of anilines is 1. The van der Waals surface area contributed by atoms with E-state index in [1.165, 1.54) is 12.1 Å². The van der Waals surface area contributed by atoms with Crippen molar-refractivity contribution >= 4 is 53.0 Å². The number of unbranched alkanes of at least 4 members (excludes halogenated alkanes) is 4. The number of carbonyl (C=O) groups is 4. The molecule has 0 aromatic heterocycles. The van der Waals surface area contributed by atoms with Gasteiger partial charge in [0.25, 0.3) is 6.26 Å². The van der Waals surface area contributed by atoms with Crippen LogP contribution in [0.1, 0.15) is 77.5 Å². The largest absolute Gasteiger partial charge is 0.433 e. The topological polar surface area (TPSA) is 216 Å². The van der Waals surface area contributed by atoms with Gasteiger partial charge in [-0.15, -0.1) is 5.26 Å². The Morgan fingerprint density at radius 1 is 0.586 bits per heavy atom. The first-order chi connectivity index (χ1) is 34.1. The van der Waals surface area contributed by atoms with Crippen LogP contribution in [0, 0.1) is 25.4 Å². The number of hydrogen-bond acceptors (Lipinski definition) is 14. The summed E-state index contributed by atoms with van der Waals surface area (Å²) in [6, 6.07) is 41.7. The summed E-state index contributed by atoms with van der Waals surface area (Å²) in [6.07, 6.45) is 5.46. The summed E-state index contributed by atoms with van der Waals surface area (Å²) in [5, 5.41) is 22.6. The number of isocyanates is 1. The Bertz CT molecular complexity index is 2910. The van der Waals surface area contributed by atoms with Crippen molar-refractivity contribution in [1.29, 1.82) is 5.26 Å². The predicted molar refractivity (Wildman–Crippen MR) is 261 cm³/mol. The molecule has 6 aromatic rings. The van der Waals surface area contributed by atoms with E-state index < -0.39 is 24.1 Å². The van der Waals surface area contributed by atoms with Crippen LogP contribution < -0.4 is 24.8 Å². The fourth-order valence-corrected chi connectivity index (χ4v) is 6.83. The molecule has 0 spiro atoms. The van der Waals surface area contributed by atoms with Gasteiger partial charge in [0.2, 0.25) is 6.08 Å². The molecule has 354 valence electrons. The molecule has 0 aliphatic rings. The van der Waals surface area contributed by atoms with Gasteiger partial charge in [-0.25, -0.2) is 19.2 Å². The quantitative estimate of drug-likeness (QED) is 0.0101. The van der Waals surface area contributed by atoms with Gasteiger partial charge in [-0.05, 0) is 104 Å². The zero-order chi connectivity index (χ0) is 49.5. The number of nitrogens with one attached hydrogen (secondary N) is 2. The van der Waals surface area contributed by atoms with Crippen molar-refractivity contribution in [3.8, 4) is 23.5 Å². The van der Waals surface area contributed by atoms with E-state index in [0.717, 1.165) is 30.4 Å². The molecule has 0 aliphatic carbocycles. The van der Waals surface area contributed by atoms with Crippen molar-refractivity contribution in [2.24, 2.45) is 15.3 Å². The third kappa shape index (κ3) is 15.7. The number of ether oxygens (including phenoxy) is 3. The maximum absolute atomic E-state index is 12.7. The number of benzene rings is 6. The fourth-order valence-electron chi connectivity index (χ4n) is 6.83. The lowest BCUT2D eigenvalue weighted by molar-refractivity contribution is -0.143. The van der Waals surface area contributed by atoms with Crippen LogP contribution >= 0.6 is 0 Å². The molecule has 16 nitrogen and oxygen atoms in total. The summed E-state index contributed by atoms with van der Waals surface area (Å²) in [4.78, 5) is 75.7. The summed E-state index contributed by atoms with van der Waals surface area (Å²) < 4.78 is 15.9. The number of hydrogen-bond donors (Lipinski definition) is 2. The minimum atomic E-state index is -0.743. The molecule has 0 unspecified atom stereocenters. The Labute approximate surface area is 404 Å². The van der Waals surface area contributed by atoms with E-state index in [4.69, 9.17) is 29.1 Å². The van der Waals surface area contributed by atoms with Crippen molar-refractivity contribution in [3.63, 3.8) is 0 Å². The Morgan fingerprint density at radius 3 is 1.79 bits per heavy atom. The molecule has 2 amide bonds. The Hall–Kier alpha value is -9.19. The van der Waals surface area contributed by atoms with Gasteiger partial charge in [0.1, 0.15) is 28.7 Å². The smallest absolute Gasteiger partial charge is 0.426 e. The maximum Gasteiger partial charge on any atom is 0.433 e. The van der Waals surface area contributed by atoms with Gasteiger partial charge >= 0.3 is 24.1 Å². The molecule has 0 aliphatic heterocycles. The number of rotatable bonds is 21. The number of carbonyl (C=O) groups excluding carboxylic acids is 5. The van der Waals surface area contributed by atoms with Gasteiger partial charge < -0.3 is 24.4 Å². The lowest BCUT2D eigenvalue weighted by atomic mass is 10.0. The molecule has 6 rings (SSSR count). The minimum absolute atomic E-state index is 0.0298. The third-order valence-electron chi connectivity index (χ3n) is 10.5. The first-order valence-corrected chi connectivity index (χ1v) is 22.2. The highest BCUT2D eigenvalue weighted by molar-refractivity contribution is 6.13. The van der Waals surface area contributed by atoms with Crippen LogP contribution in [0.3, 0.4) is 0 Å². The second-order valence-electron chi connectivity index (χ2n) is 15.6. The van der Waals surface area contributed by atoms with E-state index in [9.17, 15) is 24.0 Å². The molecule has 16 heteroatoms. The molecule has 6 aromatic carbocycles. The molecular formula is C54H48N6O10. The number of amides is 2. The number of nitriles is 1. The average molecular weight is 941 g/mol. The zero-order valence-corrected chi connectivity index (χ0v) is 38.4. The summed E-state index contributed by atoms with van der Waals surface area (Å²) in [6.45, 7) is 3.93. The van der Waals surface area contributed by atoms with Gasteiger partial charge in [0.15, 0.2) is 0 Å². The maximum atomic E-state index is 12.7. The Balaban J connectivity index is 0.912. The Kier molecular flexibility index (Phi) is 18.8. The molecular weight excluding hydrogens is 893 g/mol. The van der Waals surface area contributed by atoms with Crippen molar-refractivity contribution in [2.75, 3.05) is 11.9 Å². The van der Waals surface area contributed by atoms with Crippen LogP contribution in [0.4, 0.5) is 21.0 Å².